The quantitative estimate of drug-likeness (QED) is 0.762. The van der Waals surface area contributed by atoms with Gasteiger partial charge in [-0.2, -0.15) is 0 Å². The highest BCUT2D eigenvalue weighted by Gasteiger charge is 2.44. The predicted octanol–water partition coefficient (Wildman–Crippen LogP) is 2.22. The fourth-order valence-electron chi connectivity index (χ4n) is 3.66. The highest BCUT2D eigenvalue weighted by atomic mass is 32.2. The molecule has 1 aromatic carbocycles. The van der Waals surface area contributed by atoms with Gasteiger partial charge in [0, 0.05) is 31.1 Å². The van der Waals surface area contributed by atoms with Gasteiger partial charge in [0.1, 0.15) is 0 Å². The summed E-state index contributed by atoms with van der Waals surface area (Å²) in [6.07, 6.45) is 4.17. The molecule has 2 fully saturated rings. The van der Waals surface area contributed by atoms with Crippen LogP contribution in [0.15, 0.2) is 30.3 Å². The van der Waals surface area contributed by atoms with Gasteiger partial charge in [0.2, 0.25) is 10.0 Å². The summed E-state index contributed by atoms with van der Waals surface area (Å²) < 4.78 is 25.7. The summed E-state index contributed by atoms with van der Waals surface area (Å²) in [4.78, 5) is 12.2. The third-order valence-electron chi connectivity index (χ3n) is 5.47. The number of piperidine rings is 1. The minimum absolute atomic E-state index is 0.0370. The van der Waals surface area contributed by atoms with Crippen LogP contribution in [0, 0.1) is 0 Å². The Labute approximate surface area is 156 Å². The highest BCUT2D eigenvalue weighted by molar-refractivity contribution is 7.89. The SMILES string of the molecule is CCCS(=O)(=O)N1CCC(NC(=O)NCC2(c3ccccc3)CC2)CC1. The number of amides is 2. The van der Waals surface area contributed by atoms with Gasteiger partial charge in [0.05, 0.1) is 5.75 Å². The van der Waals surface area contributed by atoms with Crippen LogP contribution >= 0.6 is 0 Å². The number of carbonyl (C=O) groups is 1. The third-order valence-corrected chi connectivity index (χ3v) is 7.55. The lowest BCUT2D eigenvalue weighted by Crippen LogP contribution is -2.50. The van der Waals surface area contributed by atoms with Crippen LogP contribution in [0.2, 0.25) is 0 Å². The molecule has 2 N–H and O–H groups in total. The molecular formula is C19H29N3O3S. The molecule has 0 radical (unpaired) electrons. The second-order valence-corrected chi connectivity index (χ2v) is 9.55. The van der Waals surface area contributed by atoms with Crippen LogP contribution in [-0.2, 0) is 15.4 Å². The van der Waals surface area contributed by atoms with Crippen LogP contribution in [0.4, 0.5) is 4.79 Å². The van der Waals surface area contributed by atoms with Crippen molar-refractivity contribution in [2.75, 3.05) is 25.4 Å². The first-order chi connectivity index (χ1) is 12.5. The average molecular weight is 380 g/mol. The Balaban J connectivity index is 1.43. The van der Waals surface area contributed by atoms with Gasteiger partial charge in [0.25, 0.3) is 0 Å². The van der Waals surface area contributed by atoms with E-state index in [1.54, 1.807) is 4.31 Å². The second kappa shape index (κ2) is 7.96. The van der Waals surface area contributed by atoms with E-state index >= 15 is 0 Å². The molecule has 0 bridgehead atoms. The third kappa shape index (κ3) is 4.57. The number of sulfonamides is 1. The zero-order valence-corrected chi connectivity index (χ0v) is 16.2. The van der Waals surface area contributed by atoms with Crippen molar-refractivity contribution < 1.29 is 13.2 Å². The van der Waals surface area contributed by atoms with Crippen LogP contribution < -0.4 is 10.6 Å². The van der Waals surface area contributed by atoms with E-state index in [-0.39, 0.29) is 23.2 Å². The Morgan fingerprint density at radius 1 is 1.19 bits per heavy atom. The minimum Gasteiger partial charge on any atom is -0.337 e. The summed E-state index contributed by atoms with van der Waals surface area (Å²) in [7, 11) is -3.13. The topological polar surface area (TPSA) is 78.5 Å². The number of urea groups is 1. The molecule has 1 aromatic rings. The van der Waals surface area contributed by atoms with Crippen molar-refractivity contribution in [3.05, 3.63) is 35.9 Å². The number of carbonyl (C=O) groups excluding carboxylic acids is 1. The molecule has 0 unspecified atom stereocenters. The van der Waals surface area contributed by atoms with E-state index in [1.807, 2.05) is 25.1 Å². The summed E-state index contributed by atoms with van der Waals surface area (Å²) in [5, 5.41) is 6.01. The van der Waals surface area contributed by atoms with E-state index < -0.39 is 10.0 Å². The molecule has 0 spiro atoms. The summed E-state index contributed by atoms with van der Waals surface area (Å²) in [6.45, 7) is 3.49. The fourth-order valence-corrected chi connectivity index (χ4v) is 5.20. The molecule has 6 nitrogen and oxygen atoms in total. The summed E-state index contributed by atoms with van der Waals surface area (Å²) in [5.74, 6) is 0.202. The van der Waals surface area contributed by atoms with Gasteiger partial charge in [-0.1, -0.05) is 37.3 Å². The van der Waals surface area contributed by atoms with Crippen molar-refractivity contribution in [1.82, 2.24) is 14.9 Å². The lowest BCUT2D eigenvalue weighted by Gasteiger charge is -2.31. The van der Waals surface area contributed by atoms with Gasteiger partial charge in [-0.15, -0.1) is 0 Å². The molecule has 3 rings (SSSR count). The Morgan fingerprint density at radius 2 is 1.85 bits per heavy atom. The monoisotopic (exact) mass is 379 g/mol. The van der Waals surface area contributed by atoms with Gasteiger partial charge in [-0.25, -0.2) is 17.5 Å². The number of nitrogens with zero attached hydrogens (tertiary/aromatic N) is 1. The lowest BCUT2D eigenvalue weighted by molar-refractivity contribution is 0.226. The van der Waals surface area contributed by atoms with Crippen molar-refractivity contribution in [2.45, 2.75) is 50.5 Å². The number of hydrogen-bond acceptors (Lipinski definition) is 3. The normalized spacial score (nSPS) is 20.5. The summed E-state index contributed by atoms with van der Waals surface area (Å²) in [6, 6.07) is 10.2. The van der Waals surface area contributed by atoms with E-state index in [2.05, 4.69) is 22.8 Å². The van der Waals surface area contributed by atoms with E-state index in [0.29, 0.717) is 38.9 Å². The molecule has 1 aliphatic carbocycles. The van der Waals surface area contributed by atoms with Gasteiger partial charge in [0.15, 0.2) is 0 Å². The molecule has 2 aliphatic rings. The lowest BCUT2D eigenvalue weighted by atomic mass is 9.96. The zero-order chi connectivity index (χ0) is 18.6. The standard InChI is InChI=1S/C19H29N3O3S/c1-2-14-26(24,25)22-12-8-17(9-13-22)21-18(23)20-15-19(10-11-19)16-6-4-3-5-7-16/h3-7,17H,2,8-15H2,1H3,(H2,20,21,23). The number of hydrogen-bond donors (Lipinski definition) is 2. The van der Waals surface area contributed by atoms with Crippen LogP contribution in [0.25, 0.3) is 0 Å². The first-order valence-corrected chi connectivity index (χ1v) is 11.1. The fraction of sp³-hybridized carbons (Fsp3) is 0.632. The van der Waals surface area contributed by atoms with Crippen LogP contribution in [0.1, 0.15) is 44.6 Å². The van der Waals surface area contributed by atoms with E-state index in [1.165, 1.54) is 5.56 Å². The first kappa shape index (κ1) is 19.2. The minimum atomic E-state index is -3.13. The Morgan fingerprint density at radius 3 is 2.42 bits per heavy atom. The number of benzene rings is 1. The van der Waals surface area contributed by atoms with Crippen LogP contribution in [0.3, 0.4) is 0 Å². The molecule has 1 saturated heterocycles. The maximum atomic E-state index is 12.2. The molecule has 7 heteroatoms. The van der Waals surface area contributed by atoms with E-state index in [9.17, 15) is 13.2 Å². The predicted molar refractivity (Wildman–Crippen MR) is 103 cm³/mol. The van der Waals surface area contributed by atoms with Crippen molar-refractivity contribution in [3.8, 4) is 0 Å². The smallest absolute Gasteiger partial charge is 0.315 e. The second-order valence-electron chi connectivity index (χ2n) is 7.46. The molecule has 144 valence electrons. The van der Waals surface area contributed by atoms with E-state index in [0.717, 1.165) is 12.8 Å². The van der Waals surface area contributed by atoms with Gasteiger partial charge in [-0.3, -0.25) is 0 Å². The van der Waals surface area contributed by atoms with Crippen LogP contribution in [-0.4, -0.2) is 50.2 Å². The maximum Gasteiger partial charge on any atom is 0.315 e. The summed E-state index contributed by atoms with van der Waals surface area (Å²) >= 11 is 0. The van der Waals surface area contributed by atoms with Crippen LogP contribution in [0.5, 0.6) is 0 Å². The highest BCUT2D eigenvalue weighted by Crippen LogP contribution is 2.47. The first-order valence-electron chi connectivity index (χ1n) is 9.53. The van der Waals surface area contributed by atoms with E-state index in [4.69, 9.17) is 0 Å². The van der Waals surface area contributed by atoms with Crippen molar-refractivity contribution in [3.63, 3.8) is 0 Å². The molecular weight excluding hydrogens is 350 g/mol. The number of nitrogens with one attached hydrogen (secondary N) is 2. The van der Waals surface area contributed by atoms with Crippen molar-refractivity contribution >= 4 is 16.1 Å². The van der Waals surface area contributed by atoms with Crippen molar-refractivity contribution in [2.24, 2.45) is 0 Å². The molecule has 0 aromatic heterocycles. The number of rotatable bonds is 7. The Kier molecular flexibility index (Phi) is 5.87. The maximum absolute atomic E-state index is 12.2. The zero-order valence-electron chi connectivity index (χ0n) is 15.4. The molecule has 2 amide bonds. The Bertz CT molecular complexity index is 709. The summed E-state index contributed by atoms with van der Waals surface area (Å²) in [5.41, 5.74) is 1.38. The molecule has 1 saturated carbocycles. The van der Waals surface area contributed by atoms with Gasteiger partial charge < -0.3 is 10.6 Å². The average Bonchev–Trinajstić information content (AvgIpc) is 3.42. The molecule has 1 aliphatic heterocycles. The molecule has 1 heterocycles. The van der Waals surface area contributed by atoms with Gasteiger partial charge >= 0.3 is 6.03 Å². The molecule has 26 heavy (non-hydrogen) atoms. The largest absolute Gasteiger partial charge is 0.337 e. The Hall–Kier alpha value is -1.60. The van der Waals surface area contributed by atoms with Crippen molar-refractivity contribution in [1.29, 1.82) is 0 Å². The van der Waals surface area contributed by atoms with Gasteiger partial charge in [-0.05, 0) is 37.7 Å². The molecule has 0 atom stereocenters.